The van der Waals surface area contributed by atoms with Gasteiger partial charge in [0.05, 0.1) is 0 Å². The molecule has 2 saturated carbocycles. The minimum atomic E-state index is 0.389. The third kappa shape index (κ3) is 2.81. The molecule has 108 valence electrons. The molecule has 0 aromatic carbocycles. The molecule has 1 N–H and O–H groups in total. The van der Waals surface area contributed by atoms with Gasteiger partial charge in [-0.1, -0.05) is 32.1 Å². The number of nitrogens with one attached hydrogen (secondary N) is 1. The average molecular weight is 264 g/mol. The molecular weight excluding hydrogens is 236 g/mol. The molecule has 3 heteroatoms. The van der Waals surface area contributed by atoms with E-state index >= 15 is 0 Å². The van der Waals surface area contributed by atoms with Crippen molar-refractivity contribution in [1.29, 1.82) is 0 Å². The number of nitrogens with zero attached hydrogens (tertiary/aromatic N) is 1. The number of hydrogen-bond acceptors (Lipinski definition) is 2. The fourth-order valence-electron chi connectivity index (χ4n) is 4.37. The lowest BCUT2D eigenvalue weighted by Crippen LogP contribution is -2.42. The summed E-state index contributed by atoms with van der Waals surface area (Å²) in [6.45, 7) is 1.96. The lowest BCUT2D eigenvalue weighted by atomic mass is 9.85. The predicted octanol–water partition coefficient (Wildman–Crippen LogP) is 2.41. The highest BCUT2D eigenvalue weighted by molar-refractivity contribution is 5.82. The van der Waals surface area contributed by atoms with Gasteiger partial charge >= 0.3 is 0 Å². The van der Waals surface area contributed by atoms with Gasteiger partial charge in [0.15, 0.2) is 0 Å². The van der Waals surface area contributed by atoms with Crippen molar-refractivity contribution in [2.24, 2.45) is 17.8 Å². The Labute approximate surface area is 117 Å². The topological polar surface area (TPSA) is 32.3 Å². The maximum absolute atomic E-state index is 12.6. The van der Waals surface area contributed by atoms with Crippen molar-refractivity contribution in [3.8, 4) is 0 Å². The van der Waals surface area contributed by atoms with Crippen molar-refractivity contribution in [2.45, 2.75) is 57.4 Å². The van der Waals surface area contributed by atoms with Crippen LogP contribution in [0, 0.1) is 17.8 Å². The lowest BCUT2D eigenvalue weighted by Gasteiger charge is -2.26. The van der Waals surface area contributed by atoms with E-state index in [4.69, 9.17) is 0 Å². The van der Waals surface area contributed by atoms with Gasteiger partial charge in [0.2, 0.25) is 5.91 Å². The molecule has 2 aliphatic carbocycles. The second kappa shape index (κ2) is 5.82. The van der Waals surface area contributed by atoms with Gasteiger partial charge in [-0.2, -0.15) is 0 Å². The molecule has 0 bridgehead atoms. The van der Waals surface area contributed by atoms with Crippen LogP contribution in [-0.4, -0.2) is 37.0 Å². The van der Waals surface area contributed by atoms with E-state index in [1.54, 1.807) is 0 Å². The molecule has 3 atom stereocenters. The van der Waals surface area contributed by atoms with Crippen LogP contribution < -0.4 is 5.32 Å². The van der Waals surface area contributed by atoms with Gasteiger partial charge in [0, 0.05) is 25.0 Å². The number of rotatable bonds is 4. The molecule has 3 nitrogen and oxygen atoms in total. The quantitative estimate of drug-likeness (QED) is 0.845. The van der Waals surface area contributed by atoms with Crippen LogP contribution in [0.1, 0.15) is 51.4 Å². The van der Waals surface area contributed by atoms with E-state index in [-0.39, 0.29) is 0 Å². The van der Waals surface area contributed by atoms with Crippen LogP contribution in [0.4, 0.5) is 0 Å². The summed E-state index contributed by atoms with van der Waals surface area (Å²) in [6, 6.07) is 0.463. The van der Waals surface area contributed by atoms with Gasteiger partial charge in [-0.25, -0.2) is 0 Å². The summed E-state index contributed by atoms with van der Waals surface area (Å²) >= 11 is 0. The van der Waals surface area contributed by atoms with Crippen molar-refractivity contribution in [3.05, 3.63) is 0 Å². The Morgan fingerprint density at radius 3 is 2.68 bits per heavy atom. The molecule has 0 aromatic heterocycles. The van der Waals surface area contributed by atoms with Gasteiger partial charge in [-0.3, -0.25) is 4.79 Å². The molecular formula is C16H28N2O. The number of carbonyl (C=O) groups excluding carboxylic acids is 1. The zero-order valence-electron chi connectivity index (χ0n) is 12.2. The first-order valence-electron chi connectivity index (χ1n) is 8.26. The molecule has 1 amide bonds. The molecule has 19 heavy (non-hydrogen) atoms. The molecule has 0 spiro atoms. The fraction of sp³-hybridized carbons (Fsp3) is 0.938. The Kier molecular flexibility index (Phi) is 4.11. The summed E-state index contributed by atoms with van der Waals surface area (Å²) in [4.78, 5) is 14.8. The van der Waals surface area contributed by atoms with E-state index in [1.807, 2.05) is 7.05 Å². The van der Waals surface area contributed by atoms with Gasteiger partial charge in [-0.15, -0.1) is 0 Å². The summed E-state index contributed by atoms with van der Waals surface area (Å²) in [5.74, 6) is 2.48. The molecule has 3 rings (SSSR count). The molecule has 3 fully saturated rings. The Hall–Kier alpha value is -0.570. The highest BCUT2D eigenvalue weighted by atomic mass is 16.2. The second-order valence-corrected chi connectivity index (χ2v) is 6.79. The number of carbonyl (C=O) groups is 1. The van der Waals surface area contributed by atoms with E-state index in [0.717, 1.165) is 24.9 Å². The summed E-state index contributed by atoms with van der Waals surface area (Å²) in [5.41, 5.74) is 0. The Morgan fingerprint density at radius 1 is 1.16 bits per heavy atom. The standard InChI is InChI=1S/C16H28N2O/c1-17-11-13-8-5-9-18(13)16(19)15-10-14(15)12-6-3-2-4-7-12/h12-15,17H,2-11H2,1H3/t13-,14+,15+/m0/s1. The maximum atomic E-state index is 12.6. The van der Waals surface area contributed by atoms with Crippen molar-refractivity contribution < 1.29 is 4.79 Å². The molecule has 0 radical (unpaired) electrons. The number of likely N-dealkylation sites (N-methyl/N-ethyl adjacent to an activating group) is 1. The van der Waals surface area contributed by atoms with E-state index < -0.39 is 0 Å². The van der Waals surface area contributed by atoms with E-state index in [0.29, 0.717) is 17.9 Å². The third-order valence-electron chi connectivity index (χ3n) is 5.51. The highest BCUT2D eigenvalue weighted by Crippen LogP contribution is 2.50. The minimum Gasteiger partial charge on any atom is -0.338 e. The van der Waals surface area contributed by atoms with Gasteiger partial charge in [-0.05, 0) is 38.1 Å². The summed E-state index contributed by atoms with van der Waals surface area (Å²) in [6.07, 6.45) is 10.5. The van der Waals surface area contributed by atoms with Crippen molar-refractivity contribution >= 4 is 5.91 Å². The van der Waals surface area contributed by atoms with Crippen molar-refractivity contribution in [3.63, 3.8) is 0 Å². The van der Waals surface area contributed by atoms with Crippen LogP contribution in [0.3, 0.4) is 0 Å². The molecule has 0 aromatic rings. The zero-order chi connectivity index (χ0) is 13.2. The van der Waals surface area contributed by atoms with Gasteiger partial charge in [0.1, 0.15) is 0 Å². The smallest absolute Gasteiger partial charge is 0.226 e. The minimum absolute atomic E-state index is 0.389. The Balaban J connectivity index is 1.54. The van der Waals surface area contributed by atoms with Crippen LogP contribution in [0.25, 0.3) is 0 Å². The first-order valence-corrected chi connectivity index (χ1v) is 8.26. The van der Waals surface area contributed by atoms with Gasteiger partial charge in [0.25, 0.3) is 0 Å². The maximum Gasteiger partial charge on any atom is 0.226 e. The first kappa shape index (κ1) is 13.4. The summed E-state index contributed by atoms with van der Waals surface area (Å²) in [7, 11) is 1.99. The SMILES string of the molecule is CNC[C@@H]1CCCN1C(=O)[C@@H]1C[C@@H]1C1CCCCC1. The molecule has 3 aliphatic rings. The van der Waals surface area contributed by atoms with E-state index in [9.17, 15) is 4.79 Å². The van der Waals surface area contributed by atoms with Gasteiger partial charge < -0.3 is 10.2 Å². The number of likely N-dealkylation sites (tertiary alicyclic amines) is 1. The Morgan fingerprint density at radius 2 is 1.95 bits per heavy atom. The van der Waals surface area contributed by atoms with Crippen molar-refractivity contribution in [2.75, 3.05) is 20.1 Å². The average Bonchev–Trinajstić information content (AvgIpc) is 3.12. The van der Waals surface area contributed by atoms with Crippen LogP contribution in [0.5, 0.6) is 0 Å². The normalized spacial score (nSPS) is 35.6. The van der Waals surface area contributed by atoms with Crippen LogP contribution in [-0.2, 0) is 4.79 Å². The molecule has 1 saturated heterocycles. The third-order valence-corrected chi connectivity index (χ3v) is 5.51. The molecule has 0 unspecified atom stereocenters. The fourth-order valence-corrected chi connectivity index (χ4v) is 4.37. The largest absolute Gasteiger partial charge is 0.338 e. The van der Waals surface area contributed by atoms with Crippen LogP contribution in [0.2, 0.25) is 0 Å². The predicted molar refractivity (Wildman–Crippen MR) is 76.8 cm³/mol. The Bertz CT molecular complexity index is 325. The zero-order valence-corrected chi connectivity index (χ0v) is 12.2. The number of amides is 1. The number of hydrogen-bond donors (Lipinski definition) is 1. The monoisotopic (exact) mass is 264 g/mol. The van der Waals surface area contributed by atoms with E-state index in [1.165, 1.54) is 51.4 Å². The van der Waals surface area contributed by atoms with E-state index in [2.05, 4.69) is 10.2 Å². The van der Waals surface area contributed by atoms with Crippen LogP contribution in [0.15, 0.2) is 0 Å². The first-order chi connectivity index (χ1) is 9.31. The summed E-state index contributed by atoms with van der Waals surface area (Å²) in [5, 5.41) is 3.23. The molecule has 1 heterocycles. The highest BCUT2D eigenvalue weighted by Gasteiger charge is 2.49. The summed E-state index contributed by atoms with van der Waals surface area (Å²) < 4.78 is 0. The lowest BCUT2D eigenvalue weighted by molar-refractivity contribution is -0.133. The molecule has 1 aliphatic heterocycles. The second-order valence-electron chi connectivity index (χ2n) is 6.79. The van der Waals surface area contributed by atoms with Crippen LogP contribution >= 0.6 is 0 Å². The van der Waals surface area contributed by atoms with Crippen molar-refractivity contribution in [1.82, 2.24) is 10.2 Å².